The molecular weight excluding hydrogens is 190 g/mol. The van der Waals surface area contributed by atoms with Crippen molar-refractivity contribution in [3.63, 3.8) is 0 Å². The van der Waals surface area contributed by atoms with Crippen molar-refractivity contribution in [1.82, 2.24) is 5.32 Å². The zero-order chi connectivity index (χ0) is 9.64. The summed E-state index contributed by atoms with van der Waals surface area (Å²) in [4.78, 5) is 0. The van der Waals surface area contributed by atoms with Crippen molar-refractivity contribution in [3.8, 4) is 0 Å². The number of thioether (sulfide) groups is 1. The summed E-state index contributed by atoms with van der Waals surface area (Å²) >= 11 is 2.06. The highest BCUT2D eigenvalue weighted by Gasteiger charge is 2.13. The summed E-state index contributed by atoms with van der Waals surface area (Å²) in [5.74, 6) is 1.14. The highest BCUT2D eigenvalue weighted by Crippen LogP contribution is 2.22. The van der Waals surface area contributed by atoms with Gasteiger partial charge in [0, 0.05) is 24.1 Å². The molecule has 0 aliphatic carbocycles. The number of benzene rings is 1. The van der Waals surface area contributed by atoms with Gasteiger partial charge in [-0.3, -0.25) is 0 Å². The van der Waals surface area contributed by atoms with Gasteiger partial charge in [0.05, 0.1) is 0 Å². The molecule has 2 heteroatoms. The summed E-state index contributed by atoms with van der Waals surface area (Å²) < 4.78 is 0. The Labute approximate surface area is 90.3 Å². The van der Waals surface area contributed by atoms with E-state index in [0.717, 1.165) is 24.1 Å². The maximum atomic E-state index is 4.45. The van der Waals surface area contributed by atoms with Crippen LogP contribution in [0.25, 0.3) is 0 Å². The predicted octanol–water partition coefficient (Wildman–Crippen LogP) is 2.69. The van der Waals surface area contributed by atoms with Crippen molar-refractivity contribution < 1.29 is 0 Å². The molecule has 0 spiro atoms. The van der Waals surface area contributed by atoms with Crippen LogP contribution in [-0.2, 0) is 5.75 Å². The van der Waals surface area contributed by atoms with Crippen LogP contribution in [0.4, 0.5) is 0 Å². The Morgan fingerprint density at radius 3 is 2.86 bits per heavy atom. The van der Waals surface area contributed by atoms with Crippen LogP contribution in [0, 0.1) is 0 Å². The number of piperidine rings is 1. The van der Waals surface area contributed by atoms with Gasteiger partial charge < -0.3 is 0 Å². The quantitative estimate of drug-likeness (QED) is 0.741. The average Bonchev–Trinajstić information content (AvgIpc) is 2.29. The van der Waals surface area contributed by atoms with Crippen LogP contribution in [0.5, 0.6) is 0 Å². The van der Waals surface area contributed by atoms with Gasteiger partial charge >= 0.3 is 0 Å². The minimum atomic E-state index is 0.768. The number of hydrogen-bond donors (Lipinski definition) is 0. The van der Waals surface area contributed by atoms with E-state index >= 15 is 0 Å². The van der Waals surface area contributed by atoms with E-state index in [4.69, 9.17) is 0 Å². The Kier molecular flexibility index (Phi) is 3.90. The molecule has 1 nitrogen and oxygen atoms in total. The molecule has 0 bridgehead atoms. The molecular formula is C12H16NS. The zero-order valence-electron chi connectivity index (χ0n) is 8.36. The van der Waals surface area contributed by atoms with Crippen LogP contribution in [0.3, 0.4) is 0 Å². The van der Waals surface area contributed by atoms with Gasteiger partial charge in [-0.05, 0) is 18.4 Å². The summed E-state index contributed by atoms with van der Waals surface area (Å²) in [7, 11) is 0. The van der Waals surface area contributed by atoms with E-state index in [1.54, 1.807) is 0 Å². The molecule has 1 aliphatic rings. The Balaban J connectivity index is 1.76. The second kappa shape index (κ2) is 5.42. The van der Waals surface area contributed by atoms with Crippen LogP contribution in [0.2, 0.25) is 0 Å². The lowest BCUT2D eigenvalue weighted by molar-refractivity contribution is 0.522. The van der Waals surface area contributed by atoms with Crippen molar-refractivity contribution in [2.24, 2.45) is 0 Å². The Bertz CT molecular complexity index is 254. The highest BCUT2D eigenvalue weighted by atomic mass is 32.2. The summed E-state index contributed by atoms with van der Waals surface area (Å²) in [6.07, 6.45) is 2.63. The van der Waals surface area contributed by atoms with Gasteiger partial charge in [-0.25, -0.2) is 5.32 Å². The van der Waals surface area contributed by atoms with Gasteiger partial charge in [-0.2, -0.15) is 11.8 Å². The lowest BCUT2D eigenvalue weighted by Gasteiger charge is -2.20. The maximum absolute atomic E-state index is 4.45. The number of rotatable bonds is 3. The minimum Gasteiger partial charge on any atom is -0.241 e. The van der Waals surface area contributed by atoms with Crippen molar-refractivity contribution in [3.05, 3.63) is 35.9 Å². The molecule has 1 heterocycles. The second-order valence-electron chi connectivity index (χ2n) is 3.69. The molecule has 1 aromatic carbocycles. The fourth-order valence-electron chi connectivity index (χ4n) is 1.68. The van der Waals surface area contributed by atoms with Gasteiger partial charge in [0.15, 0.2) is 0 Å². The first kappa shape index (κ1) is 10.1. The summed E-state index contributed by atoms with van der Waals surface area (Å²) in [6, 6.07) is 10.7. The van der Waals surface area contributed by atoms with E-state index < -0.39 is 0 Å². The molecule has 75 valence electrons. The molecule has 1 aliphatic heterocycles. The Morgan fingerprint density at radius 2 is 2.14 bits per heavy atom. The van der Waals surface area contributed by atoms with Crippen molar-refractivity contribution >= 4 is 11.8 Å². The molecule has 1 fully saturated rings. The SMILES string of the molecule is c1ccc(CSC2CCC[N]C2)cc1. The molecule has 1 atom stereocenters. The van der Waals surface area contributed by atoms with Crippen molar-refractivity contribution in [2.75, 3.05) is 13.1 Å². The maximum Gasteiger partial charge on any atom is 0.0252 e. The zero-order valence-corrected chi connectivity index (χ0v) is 9.17. The molecule has 0 amide bonds. The topological polar surface area (TPSA) is 14.1 Å². The molecule has 0 saturated carbocycles. The Hall–Kier alpha value is -0.470. The third kappa shape index (κ3) is 3.03. The van der Waals surface area contributed by atoms with Crippen LogP contribution in [-0.4, -0.2) is 18.3 Å². The smallest absolute Gasteiger partial charge is 0.0252 e. The first-order chi connectivity index (χ1) is 6.95. The predicted molar refractivity (Wildman–Crippen MR) is 62.6 cm³/mol. The standard InChI is InChI=1S/C12H16NS/c1-2-5-11(6-3-1)10-14-12-7-4-8-13-9-12/h1-3,5-6,12H,4,7-10H2. The van der Waals surface area contributed by atoms with Gasteiger partial charge in [0.1, 0.15) is 0 Å². The van der Waals surface area contributed by atoms with E-state index in [9.17, 15) is 0 Å². The van der Waals surface area contributed by atoms with Crippen LogP contribution in [0.15, 0.2) is 30.3 Å². The summed E-state index contributed by atoms with van der Waals surface area (Å²) in [6.45, 7) is 2.15. The van der Waals surface area contributed by atoms with E-state index in [2.05, 4.69) is 47.4 Å². The van der Waals surface area contributed by atoms with Gasteiger partial charge in [0.25, 0.3) is 0 Å². The van der Waals surface area contributed by atoms with Crippen molar-refractivity contribution in [1.29, 1.82) is 0 Å². The molecule has 1 aromatic rings. The van der Waals surface area contributed by atoms with E-state index in [1.807, 2.05) is 0 Å². The van der Waals surface area contributed by atoms with Crippen LogP contribution in [0.1, 0.15) is 18.4 Å². The van der Waals surface area contributed by atoms with Gasteiger partial charge in [0.2, 0.25) is 0 Å². The van der Waals surface area contributed by atoms with Crippen LogP contribution >= 0.6 is 11.8 Å². The molecule has 0 N–H and O–H groups in total. The van der Waals surface area contributed by atoms with Gasteiger partial charge in [-0.15, -0.1) is 0 Å². The molecule has 1 unspecified atom stereocenters. The lowest BCUT2D eigenvalue weighted by atomic mass is 10.2. The van der Waals surface area contributed by atoms with E-state index in [0.29, 0.717) is 0 Å². The highest BCUT2D eigenvalue weighted by molar-refractivity contribution is 7.99. The third-order valence-corrected chi connectivity index (χ3v) is 3.86. The fourth-order valence-corrected chi connectivity index (χ4v) is 2.85. The number of hydrogen-bond acceptors (Lipinski definition) is 1. The first-order valence-corrected chi connectivity index (χ1v) is 6.29. The monoisotopic (exact) mass is 206 g/mol. The normalized spacial score (nSPS) is 22.1. The van der Waals surface area contributed by atoms with E-state index in [-0.39, 0.29) is 0 Å². The summed E-state index contributed by atoms with van der Waals surface area (Å²) in [5, 5.41) is 5.22. The molecule has 1 saturated heterocycles. The third-order valence-electron chi connectivity index (χ3n) is 2.50. The van der Waals surface area contributed by atoms with E-state index in [1.165, 1.54) is 18.4 Å². The molecule has 1 radical (unpaired) electrons. The number of nitrogens with zero attached hydrogens (tertiary/aromatic N) is 1. The van der Waals surface area contributed by atoms with Crippen LogP contribution < -0.4 is 5.32 Å². The largest absolute Gasteiger partial charge is 0.241 e. The van der Waals surface area contributed by atoms with Gasteiger partial charge in [-0.1, -0.05) is 30.3 Å². The minimum absolute atomic E-state index is 0.768. The second-order valence-corrected chi connectivity index (χ2v) is 4.98. The molecule has 14 heavy (non-hydrogen) atoms. The fraction of sp³-hybridized carbons (Fsp3) is 0.500. The first-order valence-electron chi connectivity index (χ1n) is 5.24. The summed E-state index contributed by atoms with van der Waals surface area (Å²) in [5.41, 5.74) is 1.43. The lowest BCUT2D eigenvalue weighted by Crippen LogP contribution is -2.26. The average molecular weight is 206 g/mol. The van der Waals surface area contributed by atoms with Crippen molar-refractivity contribution in [2.45, 2.75) is 23.8 Å². The molecule has 2 rings (SSSR count). The Morgan fingerprint density at radius 1 is 1.29 bits per heavy atom. The molecule has 0 aromatic heterocycles.